The molecule has 0 aromatic carbocycles. The van der Waals surface area contributed by atoms with Crippen LogP contribution in [0.5, 0.6) is 0 Å². The number of hydrogen-bond donors (Lipinski definition) is 1. The molecule has 0 unspecified atom stereocenters. The molecule has 3 nitrogen and oxygen atoms in total. The maximum absolute atomic E-state index is 10.9. The molecule has 1 rings (SSSR count). The highest BCUT2D eigenvalue weighted by molar-refractivity contribution is 5.75. The van der Waals surface area contributed by atoms with Crippen molar-refractivity contribution in [2.45, 2.75) is 26.8 Å². The monoisotopic (exact) mass is 178 g/mol. The van der Waals surface area contributed by atoms with Gasteiger partial charge in [-0.2, -0.15) is 0 Å². The number of carbonyl (C=O) groups excluding carboxylic acids is 1. The molecular weight excluding hydrogens is 164 g/mol. The van der Waals surface area contributed by atoms with Crippen molar-refractivity contribution in [3.05, 3.63) is 29.6 Å². The van der Waals surface area contributed by atoms with Crippen molar-refractivity contribution in [1.82, 2.24) is 10.3 Å². The maximum atomic E-state index is 10.9. The second kappa shape index (κ2) is 4.60. The fraction of sp³-hybridized carbons (Fsp3) is 0.400. The predicted molar refractivity (Wildman–Crippen MR) is 51.1 cm³/mol. The Bertz CT molecular complexity index is 297. The Morgan fingerprint density at radius 2 is 2.31 bits per heavy atom. The summed E-state index contributed by atoms with van der Waals surface area (Å²) in [6.45, 7) is 4.29. The largest absolute Gasteiger partial charge is 0.350 e. The number of aromatic nitrogens is 1. The van der Waals surface area contributed by atoms with Gasteiger partial charge in [-0.15, -0.1) is 0 Å². The molecular formula is C10H14N2O. The molecule has 0 spiro atoms. The third-order valence-corrected chi connectivity index (χ3v) is 1.73. The van der Waals surface area contributed by atoms with E-state index in [1.165, 1.54) is 0 Å². The molecule has 70 valence electrons. The standard InChI is InChI=1S/C10H14N2O/c1-3-10(13)11-7-9-6-4-5-8(2)12-9/h4-6H,3,7H2,1-2H3,(H,11,13). The first-order valence-electron chi connectivity index (χ1n) is 4.41. The third-order valence-electron chi connectivity index (χ3n) is 1.73. The molecule has 3 heteroatoms. The molecule has 1 aromatic rings. The van der Waals surface area contributed by atoms with E-state index in [9.17, 15) is 4.79 Å². The molecule has 0 radical (unpaired) electrons. The van der Waals surface area contributed by atoms with Gasteiger partial charge in [-0.3, -0.25) is 9.78 Å². The minimum Gasteiger partial charge on any atom is -0.350 e. The Morgan fingerprint density at radius 3 is 2.92 bits per heavy atom. The summed E-state index contributed by atoms with van der Waals surface area (Å²) < 4.78 is 0. The number of hydrogen-bond acceptors (Lipinski definition) is 2. The number of carbonyl (C=O) groups is 1. The summed E-state index contributed by atoms with van der Waals surface area (Å²) in [7, 11) is 0. The van der Waals surface area contributed by atoms with Crippen LogP contribution in [0.1, 0.15) is 24.7 Å². The van der Waals surface area contributed by atoms with Gasteiger partial charge in [0.1, 0.15) is 0 Å². The summed E-state index contributed by atoms with van der Waals surface area (Å²) in [4.78, 5) is 15.2. The molecule has 0 saturated carbocycles. The molecule has 1 heterocycles. The zero-order valence-electron chi connectivity index (χ0n) is 8.00. The SMILES string of the molecule is CCC(=O)NCc1cccc(C)n1. The fourth-order valence-corrected chi connectivity index (χ4v) is 1.01. The Balaban J connectivity index is 2.50. The van der Waals surface area contributed by atoms with Crippen LogP contribution in [0.2, 0.25) is 0 Å². The van der Waals surface area contributed by atoms with Crippen LogP contribution in [0.4, 0.5) is 0 Å². The molecule has 0 aliphatic heterocycles. The highest BCUT2D eigenvalue weighted by Crippen LogP contribution is 1.97. The maximum Gasteiger partial charge on any atom is 0.220 e. The first kappa shape index (κ1) is 9.71. The average molecular weight is 178 g/mol. The van der Waals surface area contributed by atoms with Gasteiger partial charge in [0.15, 0.2) is 0 Å². The van der Waals surface area contributed by atoms with Crippen molar-refractivity contribution in [2.75, 3.05) is 0 Å². The summed E-state index contributed by atoms with van der Waals surface area (Å²) in [5.74, 6) is 0.0586. The van der Waals surface area contributed by atoms with Gasteiger partial charge in [-0.25, -0.2) is 0 Å². The van der Waals surface area contributed by atoms with Crippen molar-refractivity contribution in [2.24, 2.45) is 0 Å². The van der Waals surface area contributed by atoms with Crippen LogP contribution in [0, 0.1) is 6.92 Å². The summed E-state index contributed by atoms with van der Waals surface area (Å²) >= 11 is 0. The minimum absolute atomic E-state index is 0.0586. The number of nitrogens with one attached hydrogen (secondary N) is 1. The molecule has 0 atom stereocenters. The van der Waals surface area contributed by atoms with E-state index in [1.807, 2.05) is 32.0 Å². The number of rotatable bonds is 3. The molecule has 0 aliphatic carbocycles. The highest BCUT2D eigenvalue weighted by atomic mass is 16.1. The van der Waals surface area contributed by atoms with E-state index in [0.717, 1.165) is 11.4 Å². The summed E-state index contributed by atoms with van der Waals surface area (Å²) in [6.07, 6.45) is 0.520. The molecule has 0 fully saturated rings. The van der Waals surface area contributed by atoms with Crippen LogP contribution in [0.25, 0.3) is 0 Å². The first-order chi connectivity index (χ1) is 6.22. The lowest BCUT2D eigenvalue weighted by atomic mass is 10.3. The van der Waals surface area contributed by atoms with Crippen LogP contribution in [-0.4, -0.2) is 10.9 Å². The highest BCUT2D eigenvalue weighted by Gasteiger charge is 1.97. The van der Waals surface area contributed by atoms with Crippen molar-refractivity contribution in [3.63, 3.8) is 0 Å². The second-order valence-corrected chi connectivity index (χ2v) is 2.90. The number of aryl methyl sites for hydroxylation is 1. The quantitative estimate of drug-likeness (QED) is 0.760. The van der Waals surface area contributed by atoms with Crippen molar-refractivity contribution in [1.29, 1.82) is 0 Å². The van der Waals surface area contributed by atoms with E-state index in [-0.39, 0.29) is 5.91 Å². The van der Waals surface area contributed by atoms with Crippen LogP contribution in [-0.2, 0) is 11.3 Å². The number of pyridine rings is 1. The zero-order valence-corrected chi connectivity index (χ0v) is 8.00. The molecule has 13 heavy (non-hydrogen) atoms. The number of nitrogens with zero attached hydrogens (tertiary/aromatic N) is 1. The lowest BCUT2D eigenvalue weighted by molar-refractivity contribution is -0.120. The molecule has 1 amide bonds. The smallest absolute Gasteiger partial charge is 0.220 e. The fourth-order valence-electron chi connectivity index (χ4n) is 1.01. The van der Waals surface area contributed by atoms with Gasteiger partial charge in [0, 0.05) is 12.1 Å². The van der Waals surface area contributed by atoms with Crippen LogP contribution < -0.4 is 5.32 Å². The van der Waals surface area contributed by atoms with Gasteiger partial charge < -0.3 is 5.32 Å². The van der Waals surface area contributed by atoms with Crippen LogP contribution in [0.3, 0.4) is 0 Å². The lowest BCUT2D eigenvalue weighted by Crippen LogP contribution is -2.22. The Morgan fingerprint density at radius 1 is 1.54 bits per heavy atom. The molecule has 1 aromatic heterocycles. The minimum atomic E-state index is 0.0586. The second-order valence-electron chi connectivity index (χ2n) is 2.90. The Labute approximate surface area is 78.2 Å². The summed E-state index contributed by atoms with van der Waals surface area (Å²) in [5.41, 5.74) is 1.88. The van der Waals surface area contributed by atoms with Gasteiger partial charge in [-0.05, 0) is 19.1 Å². The normalized spacial score (nSPS) is 9.69. The Kier molecular flexibility index (Phi) is 3.43. The topological polar surface area (TPSA) is 42.0 Å². The Hall–Kier alpha value is -1.38. The van der Waals surface area contributed by atoms with E-state index < -0.39 is 0 Å². The predicted octanol–water partition coefficient (Wildman–Crippen LogP) is 1.42. The van der Waals surface area contributed by atoms with E-state index in [4.69, 9.17) is 0 Å². The van der Waals surface area contributed by atoms with Gasteiger partial charge in [0.05, 0.1) is 12.2 Å². The molecule has 1 N–H and O–H groups in total. The molecule has 0 aliphatic rings. The van der Waals surface area contributed by atoms with Crippen LogP contribution >= 0.6 is 0 Å². The summed E-state index contributed by atoms with van der Waals surface area (Å²) in [6, 6.07) is 5.78. The first-order valence-corrected chi connectivity index (χ1v) is 4.41. The van der Waals surface area contributed by atoms with Gasteiger partial charge in [0.2, 0.25) is 5.91 Å². The van der Waals surface area contributed by atoms with E-state index in [1.54, 1.807) is 0 Å². The molecule has 0 saturated heterocycles. The number of amides is 1. The van der Waals surface area contributed by atoms with Crippen molar-refractivity contribution < 1.29 is 4.79 Å². The molecule has 0 bridgehead atoms. The lowest BCUT2D eigenvalue weighted by Gasteiger charge is -2.03. The average Bonchev–Trinajstić information content (AvgIpc) is 2.14. The van der Waals surface area contributed by atoms with E-state index in [2.05, 4.69) is 10.3 Å². The van der Waals surface area contributed by atoms with E-state index >= 15 is 0 Å². The zero-order chi connectivity index (χ0) is 9.68. The van der Waals surface area contributed by atoms with E-state index in [0.29, 0.717) is 13.0 Å². The van der Waals surface area contributed by atoms with Crippen LogP contribution in [0.15, 0.2) is 18.2 Å². The van der Waals surface area contributed by atoms with Gasteiger partial charge in [0.25, 0.3) is 0 Å². The van der Waals surface area contributed by atoms with Gasteiger partial charge >= 0.3 is 0 Å². The van der Waals surface area contributed by atoms with Gasteiger partial charge in [-0.1, -0.05) is 13.0 Å². The third kappa shape index (κ3) is 3.23. The van der Waals surface area contributed by atoms with Crippen molar-refractivity contribution >= 4 is 5.91 Å². The van der Waals surface area contributed by atoms with Crippen molar-refractivity contribution in [3.8, 4) is 0 Å². The summed E-state index contributed by atoms with van der Waals surface area (Å²) in [5, 5.41) is 2.77.